The number of halogens is 2. The van der Waals surface area contributed by atoms with Crippen molar-refractivity contribution in [1.29, 1.82) is 0 Å². The third-order valence-electron chi connectivity index (χ3n) is 4.04. The van der Waals surface area contributed by atoms with Crippen LogP contribution >= 0.6 is 24.0 Å². The molecule has 0 spiro atoms. The second-order valence-corrected chi connectivity index (χ2v) is 6.33. The summed E-state index contributed by atoms with van der Waals surface area (Å²) < 4.78 is 5.72. The van der Waals surface area contributed by atoms with E-state index in [4.69, 9.17) is 21.8 Å². The van der Waals surface area contributed by atoms with Gasteiger partial charge < -0.3 is 20.2 Å². The molecule has 1 fully saturated rings. The monoisotopic (exact) mass is 370 g/mol. The molecule has 0 bridgehead atoms. The summed E-state index contributed by atoms with van der Waals surface area (Å²) in [6, 6.07) is 8.81. The molecular formula is C17H20Cl2N2O3. The van der Waals surface area contributed by atoms with Crippen molar-refractivity contribution in [2.45, 2.75) is 25.5 Å². The molecule has 1 aliphatic rings. The summed E-state index contributed by atoms with van der Waals surface area (Å²) >= 11 is 6.18. The maximum Gasteiger partial charge on any atom is 0.257 e. The van der Waals surface area contributed by atoms with E-state index >= 15 is 0 Å². The first-order valence-corrected chi connectivity index (χ1v) is 7.91. The fraction of sp³-hybridized carbons (Fsp3) is 0.353. The van der Waals surface area contributed by atoms with Gasteiger partial charge in [-0.1, -0.05) is 23.7 Å². The Kier molecular flexibility index (Phi) is 5.93. The Hall–Kier alpha value is -1.53. The SMILES string of the molecule is Cc1oc(-c2ccccc2Cl)cc1C(=O)N1C[C@@H](N)C[C@@H](O)C1.Cl. The number of rotatable bonds is 2. The average molecular weight is 371 g/mol. The number of piperidine rings is 1. The second kappa shape index (κ2) is 7.57. The van der Waals surface area contributed by atoms with Gasteiger partial charge >= 0.3 is 0 Å². The van der Waals surface area contributed by atoms with Crippen LogP contribution in [0, 0.1) is 6.92 Å². The maximum atomic E-state index is 12.7. The number of carbonyl (C=O) groups excluding carboxylic acids is 1. The van der Waals surface area contributed by atoms with E-state index < -0.39 is 6.10 Å². The molecule has 0 unspecified atom stereocenters. The third-order valence-corrected chi connectivity index (χ3v) is 4.37. The summed E-state index contributed by atoms with van der Waals surface area (Å²) in [4.78, 5) is 14.3. The van der Waals surface area contributed by atoms with Crippen molar-refractivity contribution >= 4 is 29.9 Å². The number of hydrogen-bond acceptors (Lipinski definition) is 4. The molecule has 1 aromatic heterocycles. The molecule has 2 heterocycles. The van der Waals surface area contributed by atoms with Gasteiger partial charge in [0.15, 0.2) is 0 Å². The zero-order chi connectivity index (χ0) is 16.6. The molecule has 1 aromatic carbocycles. The van der Waals surface area contributed by atoms with Crippen LogP contribution in [0.4, 0.5) is 0 Å². The predicted octanol–water partition coefficient (Wildman–Crippen LogP) is 2.86. The maximum absolute atomic E-state index is 12.7. The topological polar surface area (TPSA) is 79.7 Å². The summed E-state index contributed by atoms with van der Waals surface area (Å²) in [5, 5.41) is 10.4. The van der Waals surface area contributed by atoms with E-state index in [0.29, 0.717) is 41.6 Å². The summed E-state index contributed by atoms with van der Waals surface area (Å²) in [7, 11) is 0. The summed E-state index contributed by atoms with van der Waals surface area (Å²) in [6.07, 6.45) is -0.0723. The van der Waals surface area contributed by atoms with Crippen LogP contribution in [0.3, 0.4) is 0 Å². The quantitative estimate of drug-likeness (QED) is 0.851. The molecule has 0 saturated carbocycles. The number of hydrogen-bond donors (Lipinski definition) is 2. The normalized spacial score (nSPS) is 20.6. The molecule has 130 valence electrons. The van der Waals surface area contributed by atoms with E-state index in [1.165, 1.54) is 0 Å². The number of furan rings is 1. The van der Waals surface area contributed by atoms with Crippen molar-refractivity contribution in [3.05, 3.63) is 46.7 Å². The van der Waals surface area contributed by atoms with E-state index in [0.717, 1.165) is 5.56 Å². The number of β-amino-alcohol motifs (C(OH)–C–C–N with tert-alkyl or cyclic N) is 1. The zero-order valence-corrected chi connectivity index (χ0v) is 14.8. The lowest BCUT2D eigenvalue weighted by molar-refractivity contribution is 0.0422. The fourth-order valence-electron chi connectivity index (χ4n) is 2.93. The van der Waals surface area contributed by atoms with Crippen LogP contribution in [0.2, 0.25) is 5.02 Å². The molecule has 24 heavy (non-hydrogen) atoms. The van der Waals surface area contributed by atoms with Gasteiger partial charge in [-0.05, 0) is 31.5 Å². The van der Waals surface area contributed by atoms with Crippen molar-refractivity contribution < 1.29 is 14.3 Å². The lowest BCUT2D eigenvalue weighted by Crippen LogP contribution is -2.51. The second-order valence-electron chi connectivity index (χ2n) is 5.92. The Labute approximate surface area is 151 Å². The van der Waals surface area contributed by atoms with Crippen molar-refractivity contribution in [3.8, 4) is 11.3 Å². The summed E-state index contributed by atoms with van der Waals surface area (Å²) in [5.74, 6) is 0.899. The minimum Gasteiger partial charge on any atom is -0.460 e. The van der Waals surface area contributed by atoms with E-state index in [1.807, 2.05) is 18.2 Å². The smallest absolute Gasteiger partial charge is 0.257 e. The summed E-state index contributed by atoms with van der Waals surface area (Å²) in [5.41, 5.74) is 7.11. The van der Waals surface area contributed by atoms with Crippen LogP contribution in [0.25, 0.3) is 11.3 Å². The first-order chi connectivity index (χ1) is 11.0. The van der Waals surface area contributed by atoms with E-state index in [9.17, 15) is 9.90 Å². The molecule has 2 aromatic rings. The zero-order valence-electron chi connectivity index (χ0n) is 13.2. The Bertz CT molecular complexity index is 722. The number of carbonyl (C=O) groups is 1. The minimum atomic E-state index is -0.585. The molecule has 0 aliphatic carbocycles. The summed E-state index contributed by atoms with van der Waals surface area (Å²) in [6.45, 7) is 2.47. The minimum absolute atomic E-state index is 0. The van der Waals surface area contributed by atoms with Gasteiger partial charge in [0.2, 0.25) is 0 Å². The Morgan fingerprint density at radius 3 is 2.75 bits per heavy atom. The first-order valence-electron chi connectivity index (χ1n) is 7.54. The number of likely N-dealkylation sites (tertiary alicyclic amines) is 1. The molecule has 3 N–H and O–H groups in total. The van der Waals surface area contributed by atoms with Gasteiger partial charge in [-0.3, -0.25) is 4.79 Å². The van der Waals surface area contributed by atoms with Gasteiger partial charge in [-0.2, -0.15) is 0 Å². The number of aryl methyl sites for hydroxylation is 1. The van der Waals surface area contributed by atoms with Crippen molar-refractivity contribution in [2.24, 2.45) is 5.73 Å². The highest BCUT2D eigenvalue weighted by Crippen LogP contribution is 2.31. The van der Waals surface area contributed by atoms with Gasteiger partial charge in [0.1, 0.15) is 11.5 Å². The van der Waals surface area contributed by atoms with E-state index in [2.05, 4.69) is 0 Å². The first kappa shape index (κ1) is 18.8. The number of amides is 1. The van der Waals surface area contributed by atoms with E-state index in [-0.39, 0.29) is 24.4 Å². The molecule has 1 aliphatic heterocycles. The van der Waals surface area contributed by atoms with Gasteiger partial charge in [0, 0.05) is 24.7 Å². The molecule has 1 saturated heterocycles. The highest BCUT2D eigenvalue weighted by atomic mass is 35.5. The highest BCUT2D eigenvalue weighted by Gasteiger charge is 2.29. The largest absolute Gasteiger partial charge is 0.460 e. The molecule has 1 amide bonds. The van der Waals surface area contributed by atoms with Crippen LogP contribution < -0.4 is 5.73 Å². The molecule has 2 atom stereocenters. The molecule has 7 heteroatoms. The van der Waals surface area contributed by atoms with Crippen molar-refractivity contribution in [3.63, 3.8) is 0 Å². The number of aliphatic hydroxyl groups excluding tert-OH is 1. The lowest BCUT2D eigenvalue weighted by Gasteiger charge is -2.33. The molecule has 5 nitrogen and oxygen atoms in total. The number of nitrogens with two attached hydrogens (primary N) is 1. The number of aliphatic hydroxyl groups is 1. The fourth-order valence-corrected chi connectivity index (χ4v) is 3.16. The Morgan fingerprint density at radius 1 is 1.38 bits per heavy atom. The average Bonchev–Trinajstić information content (AvgIpc) is 2.87. The van der Waals surface area contributed by atoms with Gasteiger partial charge in [-0.25, -0.2) is 0 Å². The van der Waals surface area contributed by atoms with Crippen molar-refractivity contribution in [2.75, 3.05) is 13.1 Å². The van der Waals surface area contributed by atoms with Crippen LogP contribution in [-0.4, -0.2) is 41.1 Å². The molecule has 3 rings (SSSR count). The highest BCUT2D eigenvalue weighted by molar-refractivity contribution is 6.33. The predicted molar refractivity (Wildman–Crippen MR) is 95.6 cm³/mol. The molecule has 0 radical (unpaired) electrons. The lowest BCUT2D eigenvalue weighted by atomic mass is 10.0. The van der Waals surface area contributed by atoms with Crippen LogP contribution in [0.5, 0.6) is 0 Å². The Balaban J connectivity index is 0.00000208. The van der Waals surface area contributed by atoms with Gasteiger partial charge in [0.05, 0.1) is 16.7 Å². The van der Waals surface area contributed by atoms with Crippen LogP contribution in [-0.2, 0) is 0 Å². The van der Waals surface area contributed by atoms with Gasteiger partial charge in [0.25, 0.3) is 5.91 Å². The van der Waals surface area contributed by atoms with E-state index in [1.54, 1.807) is 24.0 Å². The third kappa shape index (κ3) is 3.75. The Morgan fingerprint density at radius 2 is 2.08 bits per heavy atom. The van der Waals surface area contributed by atoms with Crippen molar-refractivity contribution in [1.82, 2.24) is 4.90 Å². The van der Waals surface area contributed by atoms with Crippen LogP contribution in [0.1, 0.15) is 22.5 Å². The standard InChI is InChI=1S/C17H19ClN2O3.ClH/c1-10-14(17(22)20-8-11(19)6-12(21)9-20)7-16(23-10)13-4-2-3-5-15(13)18;/h2-5,7,11-12,21H,6,8-9,19H2,1H3;1H/t11-,12+;/m0./s1. The number of nitrogens with zero attached hydrogens (tertiary/aromatic N) is 1. The van der Waals surface area contributed by atoms with Gasteiger partial charge in [-0.15, -0.1) is 12.4 Å². The molecular weight excluding hydrogens is 351 g/mol. The number of benzene rings is 1. The van der Waals surface area contributed by atoms with Crippen LogP contribution in [0.15, 0.2) is 34.7 Å².